The Hall–Kier alpha value is -3.60. The molecule has 2 aliphatic heterocycles. The third-order valence-electron chi connectivity index (χ3n) is 5.54. The van der Waals surface area contributed by atoms with Gasteiger partial charge in [-0.05, 0) is 29.8 Å². The molecule has 1 fully saturated rings. The molecule has 0 atom stereocenters. The molecule has 2 aromatic carbocycles. The predicted octanol–water partition coefficient (Wildman–Crippen LogP) is 3.44. The molecule has 0 spiro atoms. The van der Waals surface area contributed by atoms with Crippen molar-refractivity contribution in [2.45, 2.75) is 12.7 Å². The second-order valence-corrected chi connectivity index (χ2v) is 7.76. The summed E-state index contributed by atoms with van der Waals surface area (Å²) in [5.41, 5.74) is 1.74. The molecule has 0 radical (unpaired) electrons. The van der Waals surface area contributed by atoms with Gasteiger partial charge in [0.15, 0.2) is 11.5 Å². The van der Waals surface area contributed by atoms with Crippen molar-refractivity contribution in [2.24, 2.45) is 0 Å². The maximum absolute atomic E-state index is 13.0. The molecule has 172 valence electrons. The first kappa shape index (κ1) is 21.3. The smallest absolute Gasteiger partial charge is 0.454 e. The van der Waals surface area contributed by atoms with Crippen LogP contribution in [0.25, 0.3) is 11.4 Å². The van der Waals surface area contributed by atoms with Crippen LogP contribution in [0.3, 0.4) is 0 Å². The van der Waals surface area contributed by atoms with Crippen molar-refractivity contribution in [1.82, 2.24) is 19.9 Å². The fraction of sp³-hybridized carbons (Fsp3) is 0.318. The number of fused-ring (bicyclic) bond motifs is 1. The van der Waals surface area contributed by atoms with Crippen molar-refractivity contribution in [3.8, 4) is 22.9 Å². The zero-order chi connectivity index (χ0) is 23.0. The van der Waals surface area contributed by atoms with E-state index in [0.29, 0.717) is 31.7 Å². The Labute approximate surface area is 186 Å². The Morgan fingerprint density at radius 1 is 1.00 bits per heavy atom. The fourth-order valence-electron chi connectivity index (χ4n) is 3.84. The second-order valence-electron chi connectivity index (χ2n) is 7.76. The molecule has 0 aliphatic carbocycles. The number of carbonyl (C=O) groups is 1. The first-order chi connectivity index (χ1) is 15.9. The molecule has 11 heteroatoms. The van der Waals surface area contributed by atoms with E-state index in [-0.39, 0.29) is 24.1 Å². The number of amides is 1. The minimum atomic E-state index is -4.72. The monoisotopic (exact) mass is 460 g/mol. The Balaban J connectivity index is 1.21. The van der Waals surface area contributed by atoms with Gasteiger partial charge < -0.3 is 18.9 Å². The van der Waals surface area contributed by atoms with E-state index in [0.717, 1.165) is 23.6 Å². The Kier molecular flexibility index (Phi) is 5.41. The van der Waals surface area contributed by atoms with E-state index in [1.807, 2.05) is 18.2 Å². The molecule has 0 saturated carbocycles. The molecule has 3 aromatic rings. The van der Waals surface area contributed by atoms with Crippen molar-refractivity contribution in [2.75, 3.05) is 33.0 Å². The van der Waals surface area contributed by atoms with Gasteiger partial charge in [-0.2, -0.15) is 18.2 Å². The molecule has 2 aliphatic rings. The lowest BCUT2D eigenvalue weighted by Gasteiger charge is -2.34. The van der Waals surface area contributed by atoms with Crippen molar-refractivity contribution in [3.63, 3.8) is 0 Å². The van der Waals surface area contributed by atoms with Crippen LogP contribution in [0.4, 0.5) is 13.2 Å². The van der Waals surface area contributed by atoms with Crippen LogP contribution in [-0.2, 0) is 12.7 Å². The van der Waals surface area contributed by atoms with Crippen LogP contribution in [0.1, 0.15) is 21.8 Å². The third-order valence-corrected chi connectivity index (χ3v) is 5.54. The number of ether oxygens (including phenoxy) is 2. The maximum atomic E-state index is 13.0. The van der Waals surface area contributed by atoms with E-state index >= 15 is 0 Å². The van der Waals surface area contributed by atoms with Crippen LogP contribution in [0, 0.1) is 0 Å². The number of alkyl halides is 3. The molecule has 0 N–H and O–H groups in total. The zero-order valence-corrected chi connectivity index (χ0v) is 17.3. The SMILES string of the molecule is O=C(c1cccc(-c2noc(C(F)(F)F)n2)c1)N1CCN(Cc2ccc3c(c2)OCO3)CC1. The van der Waals surface area contributed by atoms with E-state index in [9.17, 15) is 18.0 Å². The predicted molar refractivity (Wildman–Crippen MR) is 108 cm³/mol. The molecule has 1 aromatic heterocycles. The van der Waals surface area contributed by atoms with Crippen molar-refractivity contribution >= 4 is 5.91 Å². The first-order valence-electron chi connectivity index (χ1n) is 10.3. The lowest BCUT2D eigenvalue weighted by Crippen LogP contribution is -2.48. The van der Waals surface area contributed by atoms with Crippen molar-refractivity contribution < 1.29 is 32.0 Å². The summed E-state index contributed by atoms with van der Waals surface area (Å²) in [6.07, 6.45) is -4.72. The van der Waals surface area contributed by atoms with E-state index in [2.05, 4.69) is 19.6 Å². The molecule has 0 unspecified atom stereocenters. The van der Waals surface area contributed by atoms with Crippen molar-refractivity contribution in [3.05, 3.63) is 59.5 Å². The summed E-state index contributed by atoms with van der Waals surface area (Å²) in [6.45, 7) is 3.42. The molecule has 3 heterocycles. The molecular weight excluding hydrogens is 441 g/mol. The van der Waals surface area contributed by atoms with Crippen LogP contribution in [0.2, 0.25) is 0 Å². The minimum absolute atomic E-state index is 0.195. The lowest BCUT2D eigenvalue weighted by atomic mass is 10.1. The van der Waals surface area contributed by atoms with Crippen LogP contribution in [0.15, 0.2) is 47.0 Å². The van der Waals surface area contributed by atoms with Gasteiger partial charge in [-0.3, -0.25) is 9.69 Å². The summed E-state index contributed by atoms with van der Waals surface area (Å²) < 4.78 is 53.2. The molecule has 1 saturated heterocycles. The largest absolute Gasteiger partial charge is 0.471 e. The second kappa shape index (κ2) is 8.39. The van der Waals surface area contributed by atoms with Gasteiger partial charge in [0, 0.05) is 43.9 Å². The van der Waals surface area contributed by atoms with Crippen LogP contribution in [0.5, 0.6) is 11.5 Å². The van der Waals surface area contributed by atoms with E-state index < -0.39 is 12.1 Å². The van der Waals surface area contributed by atoms with Gasteiger partial charge in [-0.1, -0.05) is 23.4 Å². The van der Waals surface area contributed by atoms with Crippen molar-refractivity contribution in [1.29, 1.82) is 0 Å². The van der Waals surface area contributed by atoms with Gasteiger partial charge in [0.05, 0.1) is 0 Å². The fourth-order valence-corrected chi connectivity index (χ4v) is 3.84. The van der Waals surface area contributed by atoms with Gasteiger partial charge in [0.25, 0.3) is 5.91 Å². The highest BCUT2D eigenvalue weighted by Gasteiger charge is 2.38. The summed E-state index contributed by atoms with van der Waals surface area (Å²) >= 11 is 0. The van der Waals surface area contributed by atoms with Gasteiger partial charge in [0.2, 0.25) is 12.6 Å². The molecule has 0 bridgehead atoms. The Morgan fingerprint density at radius 2 is 1.79 bits per heavy atom. The topological polar surface area (TPSA) is 80.9 Å². The standard InChI is InChI=1S/C22H19F3N4O4/c23-22(24,25)21-26-19(27-33-21)15-2-1-3-16(11-15)20(30)29-8-6-28(7-9-29)12-14-4-5-17-18(10-14)32-13-31-17/h1-5,10-11H,6-9,12-13H2. The molecule has 8 nitrogen and oxygen atoms in total. The summed E-state index contributed by atoms with van der Waals surface area (Å²) in [5, 5.41) is 3.38. The lowest BCUT2D eigenvalue weighted by molar-refractivity contribution is -0.159. The first-order valence-corrected chi connectivity index (χ1v) is 10.3. The third kappa shape index (κ3) is 4.49. The maximum Gasteiger partial charge on any atom is 0.471 e. The van der Waals surface area contributed by atoms with E-state index in [1.165, 1.54) is 12.1 Å². The number of aromatic nitrogens is 2. The molecular formula is C22H19F3N4O4. The average Bonchev–Trinajstić information content (AvgIpc) is 3.49. The quantitative estimate of drug-likeness (QED) is 0.590. The Bertz CT molecular complexity index is 1170. The normalized spacial score (nSPS) is 16.3. The Morgan fingerprint density at radius 3 is 2.55 bits per heavy atom. The average molecular weight is 460 g/mol. The van der Waals surface area contributed by atoms with Gasteiger partial charge in [-0.15, -0.1) is 0 Å². The minimum Gasteiger partial charge on any atom is -0.454 e. The number of halogens is 3. The van der Waals surface area contributed by atoms with E-state index in [1.54, 1.807) is 17.0 Å². The van der Waals surface area contributed by atoms with Crippen LogP contribution >= 0.6 is 0 Å². The van der Waals surface area contributed by atoms with Gasteiger partial charge in [-0.25, -0.2) is 0 Å². The number of carbonyl (C=O) groups excluding carboxylic acids is 1. The van der Waals surface area contributed by atoms with Gasteiger partial charge in [0.1, 0.15) is 0 Å². The highest BCUT2D eigenvalue weighted by Crippen LogP contribution is 2.33. The summed E-state index contributed by atoms with van der Waals surface area (Å²) in [4.78, 5) is 20.3. The molecule has 33 heavy (non-hydrogen) atoms. The van der Waals surface area contributed by atoms with E-state index in [4.69, 9.17) is 9.47 Å². The number of hydrogen-bond donors (Lipinski definition) is 0. The molecule has 1 amide bonds. The van der Waals surface area contributed by atoms with Gasteiger partial charge >= 0.3 is 12.1 Å². The van der Waals surface area contributed by atoms with Crippen LogP contribution in [-0.4, -0.2) is 58.8 Å². The van der Waals surface area contributed by atoms with Crippen LogP contribution < -0.4 is 9.47 Å². The summed E-state index contributed by atoms with van der Waals surface area (Å²) in [5.74, 6) is -0.352. The number of hydrogen-bond acceptors (Lipinski definition) is 7. The number of piperazine rings is 1. The zero-order valence-electron chi connectivity index (χ0n) is 17.3. The number of benzene rings is 2. The summed E-state index contributed by atoms with van der Waals surface area (Å²) in [6, 6.07) is 12.1. The highest BCUT2D eigenvalue weighted by molar-refractivity contribution is 5.95. The number of nitrogens with zero attached hydrogens (tertiary/aromatic N) is 4. The molecule has 5 rings (SSSR count). The summed E-state index contributed by atoms with van der Waals surface area (Å²) in [7, 11) is 0. The number of rotatable bonds is 4. The highest BCUT2D eigenvalue weighted by atomic mass is 19.4.